The molecule has 6 heteroatoms. The molecule has 0 aliphatic carbocycles. The fourth-order valence-corrected chi connectivity index (χ4v) is 2.04. The second kappa shape index (κ2) is 8.97. The lowest BCUT2D eigenvalue weighted by Gasteiger charge is -2.15. The summed E-state index contributed by atoms with van der Waals surface area (Å²) in [5.41, 5.74) is 12.5. The molecule has 6 nitrogen and oxygen atoms in total. The lowest BCUT2D eigenvalue weighted by molar-refractivity contribution is -0.120. The Labute approximate surface area is 125 Å². The number of anilines is 1. The Hall–Kier alpha value is -2.08. The van der Waals surface area contributed by atoms with Crippen LogP contribution in [0.15, 0.2) is 24.3 Å². The van der Waals surface area contributed by atoms with E-state index >= 15 is 0 Å². The van der Waals surface area contributed by atoms with Gasteiger partial charge in [0.05, 0.1) is 6.04 Å². The predicted octanol–water partition coefficient (Wildman–Crippen LogP) is 1.17. The average molecular weight is 291 g/mol. The third-order valence-electron chi connectivity index (χ3n) is 3.19. The molecule has 0 saturated carbocycles. The summed E-state index contributed by atoms with van der Waals surface area (Å²) in [6, 6.07) is 7.09. The van der Waals surface area contributed by atoms with Crippen molar-refractivity contribution in [2.45, 2.75) is 38.6 Å². The van der Waals surface area contributed by atoms with Crippen LogP contribution < -0.4 is 22.1 Å². The van der Waals surface area contributed by atoms with Crippen LogP contribution in [0.1, 0.15) is 31.7 Å². The molecule has 116 valence electrons. The first-order chi connectivity index (χ1) is 10.0. The van der Waals surface area contributed by atoms with Crippen LogP contribution in [0.5, 0.6) is 0 Å². The van der Waals surface area contributed by atoms with Gasteiger partial charge in [-0.05, 0) is 37.1 Å². The number of carbonyl (C=O) groups excluding carboxylic acids is 1. The van der Waals surface area contributed by atoms with Crippen LogP contribution in [-0.2, 0) is 11.2 Å². The van der Waals surface area contributed by atoms with Crippen LogP contribution in [0.4, 0.5) is 5.69 Å². The minimum absolute atomic E-state index is 0.102. The molecule has 0 heterocycles. The second-order valence-electron chi connectivity index (χ2n) is 5.06. The average Bonchev–Trinajstić information content (AvgIpc) is 2.43. The van der Waals surface area contributed by atoms with E-state index in [9.17, 15) is 4.79 Å². The number of primary amides is 1. The number of carbonyl (C=O) groups is 1. The first-order valence-corrected chi connectivity index (χ1v) is 7.25. The van der Waals surface area contributed by atoms with E-state index in [0.29, 0.717) is 6.42 Å². The molecule has 0 radical (unpaired) electrons. The van der Waals surface area contributed by atoms with Gasteiger partial charge >= 0.3 is 0 Å². The van der Waals surface area contributed by atoms with Gasteiger partial charge in [0.25, 0.3) is 0 Å². The Morgan fingerprint density at radius 1 is 1.24 bits per heavy atom. The summed E-state index contributed by atoms with van der Waals surface area (Å²) < 4.78 is 0. The van der Waals surface area contributed by atoms with Crippen LogP contribution in [0.2, 0.25) is 0 Å². The molecule has 0 aliphatic heterocycles. The van der Waals surface area contributed by atoms with Crippen molar-refractivity contribution < 1.29 is 4.79 Å². The number of guanidine groups is 1. The van der Waals surface area contributed by atoms with Gasteiger partial charge in [-0.1, -0.05) is 31.9 Å². The van der Waals surface area contributed by atoms with Crippen LogP contribution in [-0.4, -0.2) is 24.5 Å². The Balaban J connectivity index is 2.54. The zero-order chi connectivity index (χ0) is 15.7. The SMILES string of the molecule is CCCCCNC(Cc1ccc(NC(=N)N)cc1)C(N)=O. The molecule has 1 atom stereocenters. The molecule has 0 aliphatic rings. The minimum Gasteiger partial charge on any atom is -0.370 e. The van der Waals surface area contributed by atoms with E-state index in [2.05, 4.69) is 17.6 Å². The van der Waals surface area contributed by atoms with Crippen molar-refractivity contribution in [2.24, 2.45) is 11.5 Å². The van der Waals surface area contributed by atoms with E-state index in [0.717, 1.165) is 37.1 Å². The van der Waals surface area contributed by atoms with E-state index < -0.39 is 0 Å². The maximum absolute atomic E-state index is 11.5. The van der Waals surface area contributed by atoms with E-state index in [1.807, 2.05) is 24.3 Å². The maximum Gasteiger partial charge on any atom is 0.234 e. The number of hydrogen-bond donors (Lipinski definition) is 5. The van der Waals surface area contributed by atoms with E-state index in [4.69, 9.17) is 16.9 Å². The van der Waals surface area contributed by atoms with Crippen molar-refractivity contribution in [3.63, 3.8) is 0 Å². The van der Waals surface area contributed by atoms with Crippen molar-refractivity contribution in [1.29, 1.82) is 5.41 Å². The molecule has 1 unspecified atom stereocenters. The van der Waals surface area contributed by atoms with E-state index in [1.54, 1.807) is 0 Å². The summed E-state index contributed by atoms with van der Waals surface area (Å²) >= 11 is 0. The first kappa shape index (κ1) is 17.0. The number of nitrogens with two attached hydrogens (primary N) is 2. The highest BCUT2D eigenvalue weighted by molar-refractivity contribution is 5.89. The maximum atomic E-state index is 11.5. The highest BCUT2D eigenvalue weighted by atomic mass is 16.1. The number of nitrogens with one attached hydrogen (secondary N) is 3. The summed E-state index contributed by atoms with van der Waals surface area (Å²) in [6.07, 6.45) is 3.89. The van der Waals surface area contributed by atoms with Gasteiger partial charge in [-0.2, -0.15) is 0 Å². The number of amides is 1. The number of unbranched alkanes of at least 4 members (excludes halogenated alkanes) is 2. The highest BCUT2D eigenvalue weighted by Gasteiger charge is 2.14. The molecule has 7 N–H and O–H groups in total. The van der Waals surface area contributed by atoms with Crippen molar-refractivity contribution in [1.82, 2.24) is 5.32 Å². The van der Waals surface area contributed by atoms with E-state index in [1.165, 1.54) is 0 Å². The highest BCUT2D eigenvalue weighted by Crippen LogP contribution is 2.11. The molecule has 1 aromatic carbocycles. The number of hydrogen-bond acceptors (Lipinski definition) is 3. The Morgan fingerprint density at radius 2 is 1.90 bits per heavy atom. The third-order valence-corrected chi connectivity index (χ3v) is 3.19. The number of benzene rings is 1. The summed E-state index contributed by atoms with van der Waals surface area (Å²) in [6.45, 7) is 2.94. The molecule has 0 bridgehead atoms. The van der Waals surface area contributed by atoms with Gasteiger partial charge in [-0.15, -0.1) is 0 Å². The van der Waals surface area contributed by atoms with Gasteiger partial charge in [0.15, 0.2) is 5.96 Å². The zero-order valence-electron chi connectivity index (χ0n) is 12.5. The topological polar surface area (TPSA) is 117 Å². The van der Waals surface area contributed by atoms with Gasteiger partial charge in [0, 0.05) is 5.69 Å². The molecule has 1 amide bonds. The minimum atomic E-state index is -0.353. The molecule has 1 rings (SSSR count). The van der Waals surface area contributed by atoms with Gasteiger partial charge in [0.2, 0.25) is 5.91 Å². The Morgan fingerprint density at radius 3 is 2.43 bits per heavy atom. The van der Waals surface area contributed by atoms with Crippen molar-refractivity contribution in [2.75, 3.05) is 11.9 Å². The Kier molecular flexibility index (Phi) is 7.25. The molecule has 21 heavy (non-hydrogen) atoms. The van der Waals surface area contributed by atoms with Crippen molar-refractivity contribution in [3.05, 3.63) is 29.8 Å². The molecule has 0 aromatic heterocycles. The predicted molar refractivity (Wildman–Crippen MR) is 86.2 cm³/mol. The van der Waals surface area contributed by atoms with Crippen molar-refractivity contribution >= 4 is 17.6 Å². The van der Waals surface area contributed by atoms with Gasteiger partial charge in [-0.25, -0.2) is 0 Å². The summed E-state index contributed by atoms with van der Waals surface area (Å²) in [5, 5.41) is 13.1. The fraction of sp³-hybridized carbons (Fsp3) is 0.467. The molecule has 1 aromatic rings. The monoisotopic (exact) mass is 291 g/mol. The molecular formula is C15H25N5O. The summed E-state index contributed by atoms with van der Waals surface area (Å²) in [7, 11) is 0. The van der Waals surface area contributed by atoms with Gasteiger partial charge in [-0.3, -0.25) is 10.2 Å². The van der Waals surface area contributed by atoms with Crippen LogP contribution >= 0.6 is 0 Å². The summed E-state index contributed by atoms with van der Waals surface area (Å²) in [5.74, 6) is -0.437. The molecular weight excluding hydrogens is 266 g/mol. The molecule has 0 saturated heterocycles. The van der Waals surface area contributed by atoms with Gasteiger partial charge < -0.3 is 22.1 Å². The second-order valence-corrected chi connectivity index (χ2v) is 5.06. The van der Waals surface area contributed by atoms with Gasteiger partial charge in [0.1, 0.15) is 0 Å². The Bertz CT molecular complexity index is 458. The zero-order valence-corrected chi connectivity index (χ0v) is 12.5. The molecule has 0 spiro atoms. The fourth-order valence-electron chi connectivity index (χ4n) is 2.04. The third kappa shape index (κ3) is 6.76. The normalized spacial score (nSPS) is 11.9. The first-order valence-electron chi connectivity index (χ1n) is 7.25. The molecule has 0 fully saturated rings. The van der Waals surface area contributed by atoms with Crippen LogP contribution in [0.25, 0.3) is 0 Å². The van der Waals surface area contributed by atoms with Crippen LogP contribution in [0, 0.1) is 5.41 Å². The van der Waals surface area contributed by atoms with E-state index in [-0.39, 0.29) is 17.9 Å². The lowest BCUT2D eigenvalue weighted by Crippen LogP contribution is -2.43. The van der Waals surface area contributed by atoms with Crippen LogP contribution in [0.3, 0.4) is 0 Å². The lowest BCUT2D eigenvalue weighted by atomic mass is 10.0. The standard InChI is InChI=1S/C15H25N5O/c1-2-3-4-9-19-13(14(16)21)10-11-5-7-12(8-6-11)20-15(17)18/h5-8,13,19H,2-4,9-10H2,1H3,(H2,16,21)(H4,17,18,20). The number of rotatable bonds is 9. The summed E-state index contributed by atoms with van der Waals surface area (Å²) in [4.78, 5) is 11.5. The largest absolute Gasteiger partial charge is 0.370 e. The van der Waals surface area contributed by atoms with Crippen molar-refractivity contribution in [3.8, 4) is 0 Å². The quantitative estimate of drug-likeness (QED) is 0.267. The smallest absolute Gasteiger partial charge is 0.234 e.